The second-order valence-corrected chi connectivity index (χ2v) is 8.91. The molecule has 0 amide bonds. The molecule has 0 spiro atoms. The van der Waals surface area contributed by atoms with E-state index in [0.29, 0.717) is 12.0 Å². The van der Waals surface area contributed by atoms with Crippen LogP contribution in [0.4, 0.5) is 0 Å². The SMILES string of the molecule is CN(C)[C@H]1CC[C@H](Oc2ncnc3c2C2=C(CC[C@@H]2CCc2ncco2)C3)CC1. The molecule has 1 atom stereocenters. The Kier molecular flexibility index (Phi) is 5.12. The number of aryl methyl sites for hydroxylation is 1. The first-order valence-electron chi connectivity index (χ1n) is 11.0. The smallest absolute Gasteiger partial charge is 0.224 e. The van der Waals surface area contributed by atoms with E-state index >= 15 is 0 Å². The van der Waals surface area contributed by atoms with Crippen LogP contribution in [-0.2, 0) is 12.8 Å². The quantitative estimate of drug-likeness (QED) is 0.736. The molecule has 1 fully saturated rings. The molecule has 0 radical (unpaired) electrons. The number of fused-ring (bicyclic) bond motifs is 2. The Hall–Kier alpha value is -2.21. The highest BCUT2D eigenvalue weighted by Crippen LogP contribution is 2.50. The Labute approximate surface area is 172 Å². The molecule has 6 heteroatoms. The normalized spacial score (nSPS) is 26.1. The lowest BCUT2D eigenvalue weighted by Gasteiger charge is -2.32. The van der Waals surface area contributed by atoms with Gasteiger partial charge in [-0.25, -0.2) is 15.0 Å². The van der Waals surface area contributed by atoms with Crippen molar-refractivity contribution >= 4 is 5.57 Å². The summed E-state index contributed by atoms with van der Waals surface area (Å²) in [5, 5.41) is 0. The third-order valence-corrected chi connectivity index (χ3v) is 6.97. The standard InChI is InChI=1S/C23H30N4O2/c1-27(2)17-6-8-18(9-7-17)29-23-22-19(25-14-26-23)13-16-4-3-15(21(16)22)5-10-20-24-11-12-28-20/h11-12,14-15,17-18H,3-10,13H2,1-2H3/t15-,17-,18-/m1/s1. The lowest BCUT2D eigenvalue weighted by Crippen LogP contribution is -2.35. The van der Waals surface area contributed by atoms with Crippen molar-refractivity contribution in [1.29, 1.82) is 0 Å². The predicted octanol–water partition coefficient (Wildman–Crippen LogP) is 4.07. The summed E-state index contributed by atoms with van der Waals surface area (Å²) in [6, 6.07) is 0.676. The van der Waals surface area contributed by atoms with Gasteiger partial charge in [-0.3, -0.25) is 0 Å². The van der Waals surface area contributed by atoms with Crippen LogP contribution in [0.5, 0.6) is 5.88 Å². The van der Waals surface area contributed by atoms with E-state index in [1.54, 1.807) is 24.4 Å². The second kappa shape index (κ2) is 7.90. The van der Waals surface area contributed by atoms with Gasteiger partial charge < -0.3 is 14.1 Å². The van der Waals surface area contributed by atoms with Crippen LogP contribution in [0.2, 0.25) is 0 Å². The Balaban J connectivity index is 1.32. The third kappa shape index (κ3) is 3.70. The number of hydrogen-bond acceptors (Lipinski definition) is 6. The van der Waals surface area contributed by atoms with Gasteiger partial charge in [0.15, 0.2) is 5.89 Å². The number of oxazole rings is 1. The molecule has 0 saturated heterocycles. The summed E-state index contributed by atoms with van der Waals surface area (Å²) in [4.78, 5) is 15.8. The molecule has 2 aromatic rings. The van der Waals surface area contributed by atoms with E-state index in [0.717, 1.165) is 56.0 Å². The van der Waals surface area contributed by atoms with Gasteiger partial charge in [0.2, 0.25) is 5.88 Å². The minimum absolute atomic E-state index is 0.266. The summed E-state index contributed by atoms with van der Waals surface area (Å²) < 4.78 is 11.9. The van der Waals surface area contributed by atoms with E-state index in [4.69, 9.17) is 9.15 Å². The van der Waals surface area contributed by atoms with E-state index in [9.17, 15) is 0 Å². The first-order valence-corrected chi connectivity index (χ1v) is 11.0. The monoisotopic (exact) mass is 394 g/mol. The molecular formula is C23H30N4O2. The molecule has 2 aromatic heterocycles. The second-order valence-electron chi connectivity index (χ2n) is 8.91. The number of ether oxygens (including phenoxy) is 1. The zero-order valence-corrected chi connectivity index (χ0v) is 17.4. The summed E-state index contributed by atoms with van der Waals surface area (Å²) >= 11 is 0. The fourth-order valence-electron chi connectivity index (χ4n) is 5.38. The molecule has 154 valence electrons. The lowest BCUT2D eigenvalue weighted by atomic mass is 9.91. The highest BCUT2D eigenvalue weighted by atomic mass is 16.5. The summed E-state index contributed by atoms with van der Waals surface area (Å²) in [5.74, 6) is 2.17. The number of hydrogen-bond donors (Lipinski definition) is 0. The van der Waals surface area contributed by atoms with E-state index < -0.39 is 0 Å². The van der Waals surface area contributed by atoms with Crippen LogP contribution in [0.3, 0.4) is 0 Å². The molecule has 2 heterocycles. The largest absolute Gasteiger partial charge is 0.474 e. The number of rotatable bonds is 6. The minimum Gasteiger partial charge on any atom is -0.474 e. The Bertz CT molecular complexity index is 882. The van der Waals surface area contributed by atoms with Crippen molar-refractivity contribution in [3.05, 3.63) is 41.5 Å². The molecule has 1 saturated carbocycles. The maximum absolute atomic E-state index is 6.50. The van der Waals surface area contributed by atoms with Crippen molar-refractivity contribution in [2.24, 2.45) is 5.92 Å². The first-order chi connectivity index (χ1) is 14.2. The molecule has 0 aliphatic heterocycles. The molecule has 0 unspecified atom stereocenters. The average Bonchev–Trinajstić information content (AvgIpc) is 3.44. The van der Waals surface area contributed by atoms with Crippen LogP contribution < -0.4 is 4.74 Å². The fraction of sp³-hybridized carbons (Fsp3) is 0.609. The highest BCUT2D eigenvalue weighted by Gasteiger charge is 2.37. The Morgan fingerprint density at radius 3 is 2.72 bits per heavy atom. The van der Waals surface area contributed by atoms with Gasteiger partial charge in [0.05, 0.1) is 17.5 Å². The maximum atomic E-state index is 6.50. The average molecular weight is 395 g/mol. The van der Waals surface area contributed by atoms with E-state index in [1.165, 1.54) is 30.4 Å². The summed E-state index contributed by atoms with van der Waals surface area (Å²) in [7, 11) is 4.35. The van der Waals surface area contributed by atoms with Crippen LogP contribution in [-0.4, -0.2) is 46.1 Å². The minimum atomic E-state index is 0.266. The van der Waals surface area contributed by atoms with Crippen LogP contribution in [0, 0.1) is 5.92 Å². The van der Waals surface area contributed by atoms with Crippen molar-refractivity contribution in [2.45, 2.75) is 69.9 Å². The van der Waals surface area contributed by atoms with Crippen molar-refractivity contribution in [1.82, 2.24) is 19.9 Å². The topological polar surface area (TPSA) is 64.3 Å². The highest BCUT2D eigenvalue weighted by molar-refractivity contribution is 5.81. The van der Waals surface area contributed by atoms with Gasteiger partial charge in [-0.05, 0) is 70.5 Å². The van der Waals surface area contributed by atoms with Crippen LogP contribution >= 0.6 is 0 Å². The summed E-state index contributed by atoms with van der Waals surface area (Å²) in [6.07, 6.45) is 15.2. The fourth-order valence-corrected chi connectivity index (χ4v) is 5.38. The maximum Gasteiger partial charge on any atom is 0.224 e. The number of allylic oxidation sites excluding steroid dienone is 2. The van der Waals surface area contributed by atoms with Crippen LogP contribution in [0.1, 0.15) is 62.1 Å². The number of aromatic nitrogens is 3. The van der Waals surface area contributed by atoms with Crippen molar-refractivity contribution in [3.63, 3.8) is 0 Å². The van der Waals surface area contributed by atoms with Crippen molar-refractivity contribution in [3.8, 4) is 5.88 Å². The molecular weight excluding hydrogens is 364 g/mol. The molecule has 29 heavy (non-hydrogen) atoms. The van der Waals surface area contributed by atoms with Gasteiger partial charge in [-0.2, -0.15) is 0 Å². The van der Waals surface area contributed by atoms with Gasteiger partial charge >= 0.3 is 0 Å². The molecule has 6 nitrogen and oxygen atoms in total. The predicted molar refractivity (Wildman–Crippen MR) is 111 cm³/mol. The number of nitrogens with zero attached hydrogens (tertiary/aromatic N) is 4. The van der Waals surface area contributed by atoms with Crippen LogP contribution in [0.15, 0.2) is 28.8 Å². The zero-order chi connectivity index (χ0) is 19.8. The Morgan fingerprint density at radius 2 is 1.97 bits per heavy atom. The van der Waals surface area contributed by atoms with Crippen LogP contribution in [0.25, 0.3) is 5.57 Å². The summed E-state index contributed by atoms with van der Waals surface area (Å²) in [6.45, 7) is 0. The van der Waals surface area contributed by atoms with Gasteiger partial charge in [-0.1, -0.05) is 5.57 Å². The molecule has 5 rings (SSSR count). The van der Waals surface area contributed by atoms with E-state index in [-0.39, 0.29) is 6.10 Å². The third-order valence-electron chi connectivity index (χ3n) is 6.97. The molecule has 0 bridgehead atoms. The van der Waals surface area contributed by atoms with Gasteiger partial charge in [-0.15, -0.1) is 0 Å². The molecule has 3 aliphatic rings. The Morgan fingerprint density at radius 1 is 1.10 bits per heavy atom. The van der Waals surface area contributed by atoms with Gasteiger partial charge in [0.1, 0.15) is 18.7 Å². The van der Waals surface area contributed by atoms with Crippen molar-refractivity contribution < 1.29 is 9.15 Å². The molecule has 0 aromatic carbocycles. The van der Waals surface area contributed by atoms with Gasteiger partial charge in [0, 0.05) is 18.9 Å². The summed E-state index contributed by atoms with van der Waals surface area (Å²) in [5.41, 5.74) is 5.36. The van der Waals surface area contributed by atoms with E-state index in [1.807, 2.05) is 0 Å². The lowest BCUT2D eigenvalue weighted by molar-refractivity contribution is 0.107. The van der Waals surface area contributed by atoms with Gasteiger partial charge in [0.25, 0.3) is 0 Å². The van der Waals surface area contributed by atoms with Crippen molar-refractivity contribution in [2.75, 3.05) is 14.1 Å². The molecule has 0 N–H and O–H groups in total. The van der Waals surface area contributed by atoms with E-state index in [2.05, 4.69) is 33.9 Å². The first kappa shape index (κ1) is 18.8. The zero-order valence-electron chi connectivity index (χ0n) is 17.4. The molecule has 3 aliphatic carbocycles.